The summed E-state index contributed by atoms with van der Waals surface area (Å²) in [4.78, 5) is 11.8. The van der Waals surface area contributed by atoms with E-state index in [9.17, 15) is 9.90 Å². The zero-order chi connectivity index (χ0) is 15.1. The summed E-state index contributed by atoms with van der Waals surface area (Å²) in [6.07, 6.45) is 2.38. The van der Waals surface area contributed by atoms with Gasteiger partial charge in [-0.1, -0.05) is 13.3 Å². The van der Waals surface area contributed by atoms with Crippen LogP contribution in [0.5, 0.6) is 0 Å². The summed E-state index contributed by atoms with van der Waals surface area (Å²) in [6, 6.07) is 0. The molecule has 0 aliphatic rings. The summed E-state index contributed by atoms with van der Waals surface area (Å²) in [5.74, 6) is -0.228. The van der Waals surface area contributed by atoms with Gasteiger partial charge in [0.1, 0.15) is 0 Å². The molecule has 0 saturated carbocycles. The Morgan fingerprint density at radius 3 is 2.37 bits per heavy atom. The van der Waals surface area contributed by atoms with Crippen molar-refractivity contribution >= 4 is 13.1 Å². The van der Waals surface area contributed by atoms with Crippen LogP contribution in [0.1, 0.15) is 60.8 Å². The summed E-state index contributed by atoms with van der Waals surface area (Å²) >= 11 is 0. The molecule has 1 unspecified atom stereocenters. The monoisotopic (exact) mass is 272 g/mol. The average Bonchev–Trinajstić information content (AvgIpc) is 2.13. The molecule has 1 N–H and O–H groups in total. The summed E-state index contributed by atoms with van der Waals surface area (Å²) in [6.45, 7) is 11.6. The van der Waals surface area contributed by atoms with Gasteiger partial charge in [0.15, 0.2) is 0 Å². The Bertz CT molecular complexity index is 271. The van der Waals surface area contributed by atoms with Gasteiger partial charge >= 0.3 is 0 Å². The first kappa shape index (κ1) is 18.5. The Balaban J connectivity index is 4.03. The molecule has 0 rings (SSSR count). The Kier molecular flexibility index (Phi) is 7.68. The van der Waals surface area contributed by atoms with Crippen LogP contribution in [0.4, 0.5) is 4.79 Å². The minimum absolute atomic E-state index is 0.0373. The highest BCUT2D eigenvalue weighted by Crippen LogP contribution is 2.14. The molecule has 0 amide bonds. The summed E-state index contributed by atoms with van der Waals surface area (Å²) in [5.41, 5.74) is -1.31. The van der Waals surface area contributed by atoms with Crippen molar-refractivity contribution in [3.05, 3.63) is 0 Å². The van der Waals surface area contributed by atoms with Gasteiger partial charge in [0.2, 0.25) is 0 Å². The van der Waals surface area contributed by atoms with Crippen LogP contribution in [0.2, 0.25) is 0 Å². The molecular formula is C14H29BO4. The Labute approximate surface area is 118 Å². The van der Waals surface area contributed by atoms with Crippen LogP contribution in [0.3, 0.4) is 0 Å². The molecule has 0 spiro atoms. The van der Waals surface area contributed by atoms with E-state index in [0.717, 1.165) is 12.8 Å². The van der Waals surface area contributed by atoms with Gasteiger partial charge in [-0.2, -0.15) is 0 Å². The number of rotatable bonds is 9. The van der Waals surface area contributed by atoms with Crippen LogP contribution in [0, 0.1) is 0 Å². The maximum Gasteiger partial charge on any atom is 0.296 e. The number of hydrogen-bond acceptors (Lipinski definition) is 4. The van der Waals surface area contributed by atoms with Gasteiger partial charge in [-0.15, -0.1) is 0 Å². The lowest BCUT2D eigenvalue weighted by atomic mass is 9.62. The summed E-state index contributed by atoms with van der Waals surface area (Å²) in [7, 11) is 0.229. The molecule has 0 aromatic heterocycles. The first-order chi connectivity index (χ1) is 8.56. The topological polar surface area (TPSA) is 55.8 Å². The SMILES string of the molecule is CCCC(C)OC(=O)BC(C)(C)OCCC(C)(C)O. The molecular weight excluding hydrogens is 243 g/mol. The number of hydrogen-bond donors (Lipinski definition) is 1. The lowest BCUT2D eigenvalue weighted by Gasteiger charge is -2.26. The van der Waals surface area contributed by atoms with E-state index >= 15 is 0 Å². The Hall–Kier alpha value is -0.545. The first-order valence-electron chi connectivity index (χ1n) is 7.11. The molecule has 0 radical (unpaired) electrons. The fourth-order valence-electron chi connectivity index (χ4n) is 1.71. The van der Waals surface area contributed by atoms with Crippen LogP contribution in [-0.2, 0) is 9.47 Å². The van der Waals surface area contributed by atoms with Crippen LogP contribution in [0.25, 0.3) is 0 Å². The maximum atomic E-state index is 11.8. The Morgan fingerprint density at radius 1 is 1.32 bits per heavy atom. The van der Waals surface area contributed by atoms with Gasteiger partial charge < -0.3 is 14.6 Å². The molecule has 0 saturated heterocycles. The molecule has 0 fully saturated rings. The molecule has 0 aliphatic heterocycles. The Morgan fingerprint density at radius 2 is 1.89 bits per heavy atom. The van der Waals surface area contributed by atoms with Gasteiger partial charge in [0.05, 0.1) is 11.7 Å². The zero-order valence-corrected chi connectivity index (χ0v) is 13.3. The molecule has 0 heterocycles. The third-order valence-corrected chi connectivity index (χ3v) is 2.80. The van der Waals surface area contributed by atoms with E-state index in [4.69, 9.17) is 9.47 Å². The molecule has 0 aliphatic carbocycles. The molecule has 0 aromatic carbocycles. The van der Waals surface area contributed by atoms with Crippen molar-refractivity contribution in [3.63, 3.8) is 0 Å². The highest BCUT2D eigenvalue weighted by molar-refractivity contribution is 6.74. The first-order valence-corrected chi connectivity index (χ1v) is 7.11. The number of ether oxygens (including phenoxy) is 2. The van der Waals surface area contributed by atoms with Crippen LogP contribution >= 0.6 is 0 Å². The fraction of sp³-hybridized carbons (Fsp3) is 0.929. The smallest absolute Gasteiger partial charge is 0.296 e. The predicted octanol–water partition coefficient (Wildman–Crippen LogP) is 2.66. The highest BCUT2D eigenvalue weighted by Gasteiger charge is 2.28. The van der Waals surface area contributed by atoms with Crippen molar-refractivity contribution in [1.29, 1.82) is 0 Å². The minimum Gasteiger partial charge on any atom is -0.471 e. The standard InChI is InChI=1S/C14H29BO4/c1-7-8-11(2)19-12(16)15-14(5,6)18-10-9-13(3,4)17/h11,15,17H,7-10H2,1-6H3. The van der Waals surface area contributed by atoms with Gasteiger partial charge in [0, 0.05) is 12.1 Å². The van der Waals surface area contributed by atoms with E-state index < -0.39 is 11.1 Å². The second-order valence-electron chi connectivity index (χ2n) is 6.44. The second kappa shape index (κ2) is 7.90. The largest absolute Gasteiger partial charge is 0.471 e. The minimum atomic E-state index is -0.744. The number of aliphatic hydroxyl groups is 1. The van der Waals surface area contributed by atoms with Crippen molar-refractivity contribution in [2.24, 2.45) is 0 Å². The van der Waals surface area contributed by atoms with Gasteiger partial charge in [-0.25, -0.2) is 0 Å². The number of carbonyl (C=O) groups excluding carboxylic acids is 1. The normalized spacial score (nSPS) is 14.1. The summed E-state index contributed by atoms with van der Waals surface area (Å²) in [5, 5.41) is 9.60. The third-order valence-electron chi connectivity index (χ3n) is 2.80. The van der Waals surface area contributed by atoms with Crippen molar-refractivity contribution < 1.29 is 19.4 Å². The molecule has 5 heteroatoms. The van der Waals surface area contributed by atoms with Gasteiger partial charge in [-0.05, 0) is 47.5 Å². The number of carbonyl (C=O) groups is 1. The van der Waals surface area contributed by atoms with Crippen LogP contribution < -0.4 is 0 Å². The molecule has 0 aromatic rings. The van der Waals surface area contributed by atoms with E-state index in [1.807, 2.05) is 20.8 Å². The lowest BCUT2D eigenvalue weighted by molar-refractivity contribution is -0.00775. The van der Waals surface area contributed by atoms with Crippen molar-refractivity contribution in [1.82, 2.24) is 0 Å². The molecule has 19 heavy (non-hydrogen) atoms. The summed E-state index contributed by atoms with van der Waals surface area (Å²) < 4.78 is 11.0. The van der Waals surface area contributed by atoms with Crippen molar-refractivity contribution in [3.8, 4) is 0 Å². The quantitative estimate of drug-likeness (QED) is 0.655. The third kappa shape index (κ3) is 11.0. The van der Waals surface area contributed by atoms with E-state index in [1.165, 1.54) is 0 Å². The molecule has 4 nitrogen and oxygen atoms in total. The zero-order valence-electron chi connectivity index (χ0n) is 13.3. The molecule has 112 valence electrons. The van der Waals surface area contributed by atoms with Crippen LogP contribution in [0.15, 0.2) is 0 Å². The van der Waals surface area contributed by atoms with Gasteiger partial charge in [0.25, 0.3) is 13.1 Å². The lowest BCUT2D eigenvalue weighted by Crippen LogP contribution is -2.39. The van der Waals surface area contributed by atoms with Crippen molar-refractivity contribution in [2.45, 2.75) is 78.0 Å². The molecule has 1 atom stereocenters. The average molecular weight is 272 g/mol. The fourth-order valence-corrected chi connectivity index (χ4v) is 1.71. The maximum absolute atomic E-state index is 11.8. The highest BCUT2D eigenvalue weighted by atomic mass is 16.5. The second-order valence-corrected chi connectivity index (χ2v) is 6.44. The van der Waals surface area contributed by atoms with Gasteiger partial charge in [-0.3, -0.25) is 4.79 Å². The van der Waals surface area contributed by atoms with Crippen LogP contribution in [-0.4, -0.2) is 42.1 Å². The van der Waals surface area contributed by atoms with E-state index in [0.29, 0.717) is 13.0 Å². The van der Waals surface area contributed by atoms with E-state index in [-0.39, 0.29) is 19.3 Å². The van der Waals surface area contributed by atoms with E-state index in [2.05, 4.69) is 6.92 Å². The van der Waals surface area contributed by atoms with Crippen molar-refractivity contribution in [2.75, 3.05) is 6.61 Å². The molecule has 0 bridgehead atoms. The predicted molar refractivity (Wildman–Crippen MR) is 78.9 cm³/mol. The van der Waals surface area contributed by atoms with E-state index in [1.54, 1.807) is 13.8 Å².